The minimum Gasteiger partial charge on any atom is -0.346 e. The molecule has 2 aliphatic heterocycles. The van der Waals surface area contributed by atoms with Crippen LogP contribution in [0.5, 0.6) is 0 Å². The van der Waals surface area contributed by atoms with E-state index in [1.807, 2.05) is 24.3 Å². The molecule has 5 heteroatoms. The molecule has 0 saturated carbocycles. The Hall–Kier alpha value is -1.04. The molecule has 2 aliphatic rings. The van der Waals surface area contributed by atoms with E-state index in [4.69, 9.17) is 9.47 Å². The van der Waals surface area contributed by atoms with Crippen LogP contribution >= 0.6 is 11.8 Å². The van der Waals surface area contributed by atoms with Gasteiger partial charge in [0, 0.05) is 23.5 Å². The van der Waals surface area contributed by atoms with Crippen LogP contribution in [0.4, 0.5) is 5.69 Å². The third-order valence-corrected chi connectivity index (χ3v) is 3.85. The van der Waals surface area contributed by atoms with Gasteiger partial charge in [0.15, 0.2) is 11.5 Å². The van der Waals surface area contributed by atoms with Gasteiger partial charge in [-0.05, 0) is 18.6 Å². The number of amidine groups is 1. The lowest BCUT2D eigenvalue weighted by molar-refractivity contribution is -0.0441. The molecule has 1 fully saturated rings. The summed E-state index contributed by atoms with van der Waals surface area (Å²) in [4.78, 5) is 4.44. The Kier molecular flexibility index (Phi) is 3.83. The molecule has 1 saturated heterocycles. The predicted molar refractivity (Wildman–Crippen MR) is 74.1 cm³/mol. The van der Waals surface area contributed by atoms with Crippen LogP contribution in [0.1, 0.15) is 18.3 Å². The number of anilines is 1. The lowest BCUT2D eigenvalue weighted by atomic mass is 10.2. The molecule has 1 N–H and O–H groups in total. The van der Waals surface area contributed by atoms with E-state index >= 15 is 0 Å². The van der Waals surface area contributed by atoms with Gasteiger partial charge in [-0.3, -0.25) is 4.99 Å². The summed E-state index contributed by atoms with van der Waals surface area (Å²) in [6.45, 7) is 2.29. The monoisotopic (exact) mass is 264 g/mol. The van der Waals surface area contributed by atoms with Crippen LogP contribution in [-0.2, 0) is 9.47 Å². The third-order valence-electron chi connectivity index (χ3n) is 2.85. The van der Waals surface area contributed by atoms with E-state index in [1.54, 1.807) is 11.8 Å². The van der Waals surface area contributed by atoms with Gasteiger partial charge in [0.1, 0.15) is 0 Å². The maximum Gasteiger partial charge on any atom is 0.184 e. The molecule has 3 rings (SSSR count). The summed E-state index contributed by atoms with van der Waals surface area (Å²) in [5.74, 6) is 1.15. The molecular weight excluding hydrogens is 248 g/mol. The van der Waals surface area contributed by atoms with Crippen LogP contribution in [0.25, 0.3) is 0 Å². The Bertz CT molecular complexity index is 427. The molecule has 0 radical (unpaired) electrons. The Labute approximate surface area is 111 Å². The summed E-state index contributed by atoms with van der Waals surface area (Å²) in [6, 6.07) is 8.15. The van der Waals surface area contributed by atoms with Crippen LogP contribution in [0.15, 0.2) is 29.3 Å². The summed E-state index contributed by atoms with van der Waals surface area (Å²) in [5.41, 5.74) is 2.13. The third kappa shape index (κ3) is 2.85. The van der Waals surface area contributed by atoms with Crippen LogP contribution in [-0.4, -0.2) is 30.7 Å². The molecule has 0 spiro atoms. The number of nitrogens with one attached hydrogen (secondary N) is 1. The second-order valence-electron chi connectivity index (χ2n) is 4.21. The van der Waals surface area contributed by atoms with Crippen molar-refractivity contribution in [1.82, 2.24) is 0 Å². The zero-order valence-corrected chi connectivity index (χ0v) is 10.9. The Morgan fingerprint density at radius 1 is 1.17 bits per heavy atom. The fourth-order valence-corrected chi connectivity index (χ4v) is 2.77. The highest BCUT2D eigenvalue weighted by Gasteiger charge is 2.17. The number of thioether (sulfide) groups is 1. The van der Waals surface area contributed by atoms with Crippen molar-refractivity contribution in [3.05, 3.63) is 29.8 Å². The van der Waals surface area contributed by atoms with E-state index in [0.717, 1.165) is 28.7 Å². The minimum absolute atomic E-state index is 0.194. The van der Waals surface area contributed by atoms with Gasteiger partial charge in [0.05, 0.1) is 13.2 Å². The van der Waals surface area contributed by atoms with Gasteiger partial charge < -0.3 is 14.8 Å². The molecule has 0 aromatic heterocycles. The molecule has 18 heavy (non-hydrogen) atoms. The highest BCUT2D eigenvalue weighted by atomic mass is 32.2. The van der Waals surface area contributed by atoms with Crippen molar-refractivity contribution in [2.45, 2.75) is 12.7 Å². The van der Waals surface area contributed by atoms with Crippen molar-refractivity contribution < 1.29 is 9.47 Å². The van der Waals surface area contributed by atoms with Crippen molar-refractivity contribution >= 4 is 22.6 Å². The first-order valence-corrected chi connectivity index (χ1v) is 7.18. The average molecular weight is 264 g/mol. The van der Waals surface area contributed by atoms with Crippen molar-refractivity contribution in [2.75, 3.05) is 30.8 Å². The lowest BCUT2D eigenvalue weighted by Crippen LogP contribution is -2.13. The lowest BCUT2D eigenvalue weighted by Gasteiger charge is -2.14. The molecule has 4 nitrogen and oxygen atoms in total. The first-order chi connectivity index (χ1) is 8.92. The van der Waals surface area contributed by atoms with E-state index < -0.39 is 0 Å². The number of rotatable bonds is 2. The van der Waals surface area contributed by atoms with Crippen LogP contribution in [0.2, 0.25) is 0 Å². The topological polar surface area (TPSA) is 42.9 Å². The zero-order valence-electron chi connectivity index (χ0n) is 10.1. The zero-order chi connectivity index (χ0) is 12.2. The SMILES string of the molecule is c1cc(C2OCCO2)ccc1NC1=NCCCS1. The molecule has 0 unspecified atom stereocenters. The second-order valence-corrected chi connectivity index (χ2v) is 5.29. The van der Waals surface area contributed by atoms with E-state index in [-0.39, 0.29) is 6.29 Å². The maximum atomic E-state index is 5.46. The van der Waals surface area contributed by atoms with E-state index in [1.165, 1.54) is 6.42 Å². The minimum atomic E-state index is -0.194. The standard InChI is InChI=1S/C13H16N2O2S/c1-6-14-13(18-9-1)15-11-4-2-10(3-5-11)12-16-7-8-17-12/h2-5,12H,1,6-9H2,(H,14,15). The van der Waals surface area contributed by atoms with Gasteiger partial charge in [-0.25, -0.2) is 0 Å². The summed E-state index contributed by atoms with van der Waals surface area (Å²) in [5, 5.41) is 4.35. The Morgan fingerprint density at radius 3 is 2.61 bits per heavy atom. The molecular formula is C13H16N2O2S. The highest BCUT2D eigenvalue weighted by Crippen LogP contribution is 2.25. The van der Waals surface area contributed by atoms with Gasteiger partial charge in [-0.1, -0.05) is 23.9 Å². The first kappa shape index (κ1) is 12.0. The number of hydrogen-bond donors (Lipinski definition) is 1. The largest absolute Gasteiger partial charge is 0.346 e. The van der Waals surface area contributed by atoms with Gasteiger partial charge in [0.25, 0.3) is 0 Å². The first-order valence-electron chi connectivity index (χ1n) is 6.19. The number of aliphatic imine (C=N–C) groups is 1. The van der Waals surface area contributed by atoms with Crippen LogP contribution < -0.4 is 5.32 Å². The summed E-state index contributed by atoms with van der Waals surface area (Å²) in [6.07, 6.45) is 0.978. The van der Waals surface area contributed by atoms with E-state index in [9.17, 15) is 0 Å². The quantitative estimate of drug-likeness (QED) is 0.891. The van der Waals surface area contributed by atoms with Crippen molar-refractivity contribution in [3.8, 4) is 0 Å². The summed E-state index contributed by atoms with van der Waals surface area (Å²) >= 11 is 1.78. The molecule has 0 aliphatic carbocycles. The van der Waals surface area contributed by atoms with Gasteiger partial charge >= 0.3 is 0 Å². The van der Waals surface area contributed by atoms with Crippen molar-refractivity contribution in [3.63, 3.8) is 0 Å². The highest BCUT2D eigenvalue weighted by molar-refractivity contribution is 8.14. The number of benzene rings is 1. The van der Waals surface area contributed by atoms with Crippen molar-refractivity contribution in [2.24, 2.45) is 4.99 Å². The smallest absolute Gasteiger partial charge is 0.184 e. The molecule has 0 bridgehead atoms. The molecule has 1 aromatic carbocycles. The normalized spacial score (nSPS) is 20.8. The number of ether oxygens (including phenoxy) is 2. The molecule has 2 heterocycles. The fraction of sp³-hybridized carbons (Fsp3) is 0.462. The molecule has 96 valence electrons. The summed E-state index contributed by atoms with van der Waals surface area (Å²) in [7, 11) is 0. The molecule has 0 atom stereocenters. The summed E-state index contributed by atoms with van der Waals surface area (Å²) < 4.78 is 10.9. The van der Waals surface area contributed by atoms with E-state index in [2.05, 4.69) is 10.3 Å². The maximum absolute atomic E-state index is 5.46. The Balaban J connectivity index is 1.65. The molecule has 0 amide bonds. The van der Waals surface area contributed by atoms with Crippen LogP contribution in [0, 0.1) is 0 Å². The molecule has 1 aromatic rings. The Morgan fingerprint density at radius 2 is 1.94 bits per heavy atom. The predicted octanol–water partition coefficient (Wildman–Crippen LogP) is 2.64. The van der Waals surface area contributed by atoms with Gasteiger partial charge in [0.2, 0.25) is 0 Å². The average Bonchev–Trinajstić information content (AvgIpc) is 2.95. The number of nitrogens with zero attached hydrogens (tertiary/aromatic N) is 1. The second kappa shape index (κ2) is 5.73. The van der Waals surface area contributed by atoms with Crippen molar-refractivity contribution in [1.29, 1.82) is 0 Å². The fourth-order valence-electron chi connectivity index (χ4n) is 1.93. The van der Waals surface area contributed by atoms with Crippen LogP contribution in [0.3, 0.4) is 0 Å². The van der Waals surface area contributed by atoms with Gasteiger partial charge in [-0.2, -0.15) is 0 Å². The number of hydrogen-bond acceptors (Lipinski definition) is 5. The van der Waals surface area contributed by atoms with Gasteiger partial charge in [-0.15, -0.1) is 0 Å². The van der Waals surface area contributed by atoms with E-state index in [0.29, 0.717) is 13.2 Å².